The third-order valence-corrected chi connectivity index (χ3v) is 5.47. The summed E-state index contributed by atoms with van der Waals surface area (Å²) in [6, 6.07) is 7.50. The van der Waals surface area contributed by atoms with Gasteiger partial charge in [-0.05, 0) is 44.9 Å². The minimum absolute atomic E-state index is 0.00722. The first-order valence-electron chi connectivity index (χ1n) is 8.63. The van der Waals surface area contributed by atoms with Gasteiger partial charge in [0.15, 0.2) is 5.16 Å². The Bertz CT molecular complexity index is 712. The molecule has 1 aromatic carbocycles. The second-order valence-electron chi connectivity index (χ2n) is 6.20. The number of nitrogens with zero attached hydrogens (tertiary/aromatic N) is 2. The standard InChI is InChI=1S/C19H26ClN3OS/c1-5-6-11-23-15(4)13(2)22-19(23)25-12-18(24)21-14(3)16-7-9-17(20)10-8-16/h7-10,14H,5-6,11-12H2,1-4H3,(H,21,24). The number of unbranched alkanes of at least 4 members (excludes halogenated alkanes) is 1. The second kappa shape index (κ2) is 9.30. The fraction of sp³-hybridized carbons (Fsp3) is 0.474. The van der Waals surface area contributed by atoms with Crippen molar-refractivity contribution in [2.24, 2.45) is 0 Å². The molecule has 1 atom stereocenters. The van der Waals surface area contributed by atoms with Crippen LogP contribution in [-0.4, -0.2) is 21.2 Å². The first kappa shape index (κ1) is 19.9. The van der Waals surface area contributed by atoms with Crippen LogP contribution in [0.5, 0.6) is 0 Å². The number of hydrogen-bond acceptors (Lipinski definition) is 3. The molecule has 1 N–H and O–H groups in total. The lowest BCUT2D eigenvalue weighted by atomic mass is 10.1. The van der Waals surface area contributed by atoms with Crippen molar-refractivity contribution in [3.63, 3.8) is 0 Å². The molecule has 0 aliphatic rings. The highest BCUT2D eigenvalue weighted by atomic mass is 35.5. The average Bonchev–Trinajstić information content (AvgIpc) is 2.85. The highest BCUT2D eigenvalue weighted by molar-refractivity contribution is 7.99. The number of aryl methyl sites for hydroxylation is 1. The van der Waals surface area contributed by atoms with Crippen molar-refractivity contribution < 1.29 is 4.79 Å². The van der Waals surface area contributed by atoms with Gasteiger partial charge in [0, 0.05) is 17.3 Å². The van der Waals surface area contributed by atoms with Crippen molar-refractivity contribution >= 4 is 29.3 Å². The highest BCUT2D eigenvalue weighted by Gasteiger charge is 2.14. The summed E-state index contributed by atoms with van der Waals surface area (Å²) in [4.78, 5) is 16.9. The van der Waals surface area contributed by atoms with Gasteiger partial charge in [-0.25, -0.2) is 4.98 Å². The summed E-state index contributed by atoms with van der Waals surface area (Å²) in [5, 5.41) is 4.66. The first-order valence-corrected chi connectivity index (χ1v) is 10.00. The fourth-order valence-corrected chi connectivity index (χ4v) is 3.62. The van der Waals surface area contributed by atoms with Crippen LogP contribution in [0.2, 0.25) is 5.02 Å². The summed E-state index contributed by atoms with van der Waals surface area (Å²) in [6.07, 6.45) is 2.25. The van der Waals surface area contributed by atoms with Gasteiger partial charge in [0.25, 0.3) is 0 Å². The molecule has 1 heterocycles. The summed E-state index contributed by atoms with van der Waals surface area (Å²) in [5.74, 6) is 0.368. The Balaban J connectivity index is 1.93. The molecule has 0 saturated heterocycles. The largest absolute Gasteiger partial charge is 0.349 e. The summed E-state index contributed by atoms with van der Waals surface area (Å²) in [7, 11) is 0. The van der Waals surface area contributed by atoms with E-state index in [1.54, 1.807) is 0 Å². The van der Waals surface area contributed by atoms with Gasteiger partial charge in [-0.15, -0.1) is 0 Å². The molecule has 0 aliphatic carbocycles. The Labute approximate surface area is 159 Å². The van der Waals surface area contributed by atoms with Gasteiger partial charge in [0.1, 0.15) is 0 Å². The molecule has 1 amide bonds. The van der Waals surface area contributed by atoms with Crippen LogP contribution in [0.25, 0.3) is 0 Å². The van der Waals surface area contributed by atoms with Crippen LogP contribution in [-0.2, 0) is 11.3 Å². The SMILES string of the molecule is CCCCn1c(SCC(=O)NC(C)c2ccc(Cl)cc2)nc(C)c1C. The monoisotopic (exact) mass is 379 g/mol. The third kappa shape index (κ3) is 5.51. The maximum atomic E-state index is 12.3. The maximum Gasteiger partial charge on any atom is 0.230 e. The van der Waals surface area contributed by atoms with Gasteiger partial charge in [-0.1, -0.05) is 48.8 Å². The zero-order valence-corrected chi connectivity index (χ0v) is 16.9. The van der Waals surface area contributed by atoms with E-state index >= 15 is 0 Å². The number of carbonyl (C=O) groups excluding carboxylic acids is 1. The molecule has 136 valence electrons. The quantitative estimate of drug-likeness (QED) is 0.662. The van der Waals surface area contributed by atoms with Crippen molar-refractivity contribution in [2.75, 3.05) is 5.75 Å². The topological polar surface area (TPSA) is 46.9 Å². The molecule has 2 aromatic rings. The number of hydrogen-bond donors (Lipinski definition) is 1. The van der Waals surface area contributed by atoms with Gasteiger partial charge >= 0.3 is 0 Å². The van der Waals surface area contributed by atoms with Gasteiger partial charge in [-0.2, -0.15) is 0 Å². The van der Waals surface area contributed by atoms with Crippen LogP contribution in [0.15, 0.2) is 29.4 Å². The maximum absolute atomic E-state index is 12.3. The minimum Gasteiger partial charge on any atom is -0.349 e. The smallest absolute Gasteiger partial charge is 0.230 e. The number of imidazole rings is 1. The molecule has 1 aromatic heterocycles. The van der Waals surface area contributed by atoms with Gasteiger partial charge in [-0.3, -0.25) is 4.79 Å². The summed E-state index contributed by atoms with van der Waals surface area (Å²) in [6.45, 7) is 9.21. The predicted molar refractivity (Wildman–Crippen MR) is 105 cm³/mol. The third-order valence-electron chi connectivity index (χ3n) is 4.24. The minimum atomic E-state index is -0.0475. The molecule has 0 aliphatic heterocycles. The summed E-state index contributed by atoms with van der Waals surface area (Å²) < 4.78 is 2.22. The van der Waals surface area contributed by atoms with E-state index in [4.69, 9.17) is 11.6 Å². The zero-order chi connectivity index (χ0) is 18.4. The average molecular weight is 380 g/mol. The van der Waals surface area contributed by atoms with E-state index in [2.05, 4.69) is 28.7 Å². The number of benzene rings is 1. The van der Waals surface area contributed by atoms with Crippen molar-refractivity contribution in [3.05, 3.63) is 46.2 Å². The van der Waals surface area contributed by atoms with E-state index < -0.39 is 0 Å². The molecule has 0 fully saturated rings. The Hall–Kier alpha value is -1.46. The second-order valence-corrected chi connectivity index (χ2v) is 7.58. The molecule has 2 rings (SSSR count). The molecule has 0 saturated carbocycles. The number of carbonyl (C=O) groups is 1. The van der Waals surface area contributed by atoms with E-state index in [9.17, 15) is 4.79 Å². The zero-order valence-electron chi connectivity index (χ0n) is 15.3. The molecule has 1 unspecified atom stereocenters. The van der Waals surface area contributed by atoms with Gasteiger partial charge in [0.2, 0.25) is 5.91 Å². The molecule has 25 heavy (non-hydrogen) atoms. The number of amides is 1. The Morgan fingerprint density at radius 3 is 2.64 bits per heavy atom. The van der Waals surface area contributed by atoms with Crippen LogP contribution < -0.4 is 5.32 Å². The highest BCUT2D eigenvalue weighted by Crippen LogP contribution is 2.22. The Morgan fingerprint density at radius 1 is 1.32 bits per heavy atom. The lowest BCUT2D eigenvalue weighted by Crippen LogP contribution is -2.28. The molecule has 0 radical (unpaired) electrons. The van der Waals surface area contributed by atoms with Crippen LogP contribution in [0.4, 0.5) is 0 Å². The first-order chi connectivity index (χ1) is 11.9. The van der Waals surface area contributed by atoms with Crippen LogP contribution in [0.1, 0.15) is 49.7 Å². The normalized spacial score (nSPS) is 12.2. The van der Waals surface area contributed by atoms with Crippen LogP contribution in [0.3, 0.4) is 0 Å². The Kier molecular flexibility index (Phi) is 7.38. The molecule has 0 bridgehead atoms. The predicted octanol–water partition coefficient (Wildman–Crippen LogP) is 4.92. The summed E-state index contributed by atoms with van der Waals surface area (Å²) in [5.41, 5.74) is 3.26. The van der Waals surface area contributed by atoms with E-state index in [1.165, 1.54) is 17.5 Å². The van der Waals surface area contributed by atoms with Crippen molar-refractivity contribution in [3.8, 4) is 0 Å². The van der Waals surface area contributed by atoms with E-state index in [0.717, 1.165) is 35.8 Å². The number of halogens is 1. The van der Waals surface area contributed by atoms with Gasteiger partial charge < -0.3 is 9.88 Å². The lowest BCUT2D eigenvalue weighted by molar-refractivity contribution is -0.119. The van der Waals surface area contributed by atoms with Crippen LogP contribution in [0, 0.1) is 13.8 Å². The lowest BCUT2D eigenvalue weighted by Gasteiger charge is -2.14. The van der Waals surface area contributed by atoms with E-state index in [0.29, 0.717) is 10.8 Å². The molecular weight excluding hydrogens is 354 g/mol. The molecule has 6 heteroatoms. The molecular formula is C19H26ClN3OS. The molecule has 4 nitrogen and oxygen atoms in total. The van der Waals surface area contributed by atoms with Gasteiger partial charge in [0.05, 0.1) is 17.5 Å². The fourth-order valence-electron chi connectivity index (χ4n) is 2.56. The number of nitrogens with one attached hydrogen (secondary N) is 1. The van der Waals surface area contributed by atoms with Crippen molar-refractivity contribution in [1.82, 2.24) is 14.9 Å². The van der Waals surface area contributed by atoms with E-state index in [-0.39, 0.29) is 11.9 Å². The van der Waals surface area contributed by atoms with E-state index in [1.807, 2.05) is 38.1 Å². The number of aromatic nitrogens is 2. The summed E-state index contributed by atoms with van der Waals surface area (Å²) >= 11 is 7.40. The van der Waals surface area contributed by atoms with Crippen LogP contribution >= 0.6 is 23.4 Å². The Morgan fingerprint density at radius 2 is 2.00 bits per heavy atom. The molecule has 0 spiro atoms. The number of rotatable bonds is 8. The van der Waals surface area contributed by atoms with Crippen molar-refractivity contribution in [1.29, 1.82) is 0 Å². The van der Waals surface area contributed by atoms with Crippen molar-refractivity contribution in [2.45, 2.75) is 58.3 Å². The number of thioether (sulfide) groups is 1.